The van der Waals surface area contributed by atoms with Gasteiger partial charge in [-0.25, -0.2) is 21.6 Å². The number of para-hydroxylation sites is 1. The van der Waals surface area contributed by atoms with E-state index in [4.69, 9.17) is 0 Å². The van der Waals surface area contributed by atoms with Crippen LogP contribution in [0.15, 0.2) is 42.5 Å². The molecule has 0 spiro atoms. The van der Waals surface area contributed by atoms with Crippen molar-refractivity contribution in [3.8, 4) is 0 Å². The molecule has 0 heterocycles. The van der Waals surface area contributed by atoms with E-state index in [9.17, 15) is 26.4 Å². The molecule has 0 aliphatic rings. The molecular weight excluding hydrogens is 357 g/mol. The van der Waals surface area contributed by atoms with Crippen LogP contribution in [0.4, 0.5) is 18.9 Å². The van der Waals surface area contributed by atoms with E-state index in [-0.39, 0.29) is 18.7 Å². The number of halogens is 3. The SMILES string of the molecule is CS(=O)(=O)N(CCNC(=O)c1ccc(F)cc1)c1c(F)cccc1F. The van der Waals surface area contributed by atoms with E-state index in [0.29, 0.717) is 4.31 Å². The molecule has 1 N–H and O–H groups in total. The van der Waals surface area contributed by atoms with Gasteiger partial charge in [-0.1, -0.05) is 6.07 Å². The molecule has 2 rings (SSSR count). The van der Waals surface area contributed by atoms with Crippen LogP contribution in [-0.2, 0) is 10.0 Å². The molecule has 0 aliphatic carbocycles. The van der Waals surface area contributed by atoms with Crippen molar-refractivity contribution in [2.75, 3.05) is 23.7 Å². The molecule has 0 aliphatic heterocycles. The lowest BCUT2D eigenvalue weighted by atomic mass is 10.2. The lowest BCUT2D eigenvalue weighted by Crippen LogP contribution is -2.39. The minimum Gasteiger partial charge on any atom is -0.350 e. The second-order valence-electron chi connectivity index (χ2n) is 5.17. The Balaban J connectivity index is 2.12. The smallest absolute Gasteiger partial charge is 0.251 e. The first kappa shape index (κ1) is 18.8. The van der Waals surface area contributed by atoms with Crippen molar-refractivity contribution < 1.29 is 26.4 Å². The number of rotatable bonds is 6. The van der Waals surface area contributed by atoms with Crippen molar-refractivity contribution >= 4 is 21.6 Å². The predicted octanol–water partition coefficient (Wildman–Crippen LogP) is 2.30. The maximum atomic E-state index is 13.9. The summed E-state index contributed by atoms with van der Waals surface area (Å²) >= 11 is 0. The van der Waals surface area contributed by atoms with Crippen molar-refractivity contribution in [3.63, 3.8) is 0 Å². The van der Waals surface area contributed by atoms with Crippen LogP contribution in [0.25, 0.3) is 0 Å². The average Bonchev–Trinajstić information content (AvgIpc) is 2.52. The fourth-order valence-corrected chi connectivity index (χ4v) is 3.07. The number of anilines is 1. The zero-order valence-corrected chi connectivity index (χ0v) is 14.0. The first-order valence-corrected chi connectivity index (χ1v) is 9.00. The molecule has 0 saturated carbocycles. The van der Waals surface area contributed by atoms with E-state index >= 15 is 0 Å². The second kappa shape index (κ2) is 7.56. The molecule has 0 radical (unpaired) electrons. The van der Waals surface area contributed by atoms with E-state index in [1.54, 1.807) is 0 Å². The summed E-state index contributed by atoms with van der Waals surface area (Å²) in [5.41, 5.74) is -0.537. The molecule has 0 atom stereocenters. The van der Waals surface area contributed by atoms with E-state index in [0.717, 1.165) is 36.6 Å². The van der Waals surface area contributed by atoms with E-state index < -0.39 is 39.1 Å². The molecule has 1 amide bonds. The largest absolute Gasteiger partial charge is 0.350 e. The summed E-state index contributed by atoms with van der Waals surface area (Å²) in [6.45, 7) is -0.569. The third-order valence-electron chi connectivity index (χ3n) is 3.29. The maximum absolute atomic E-state index is 13.9. The quantitative estimate of drug-likeness (QED) is 0.846. The normalized spacial score (nSPS) is 11.2. The van der Waals surface area contributed by atoms with Gasteiger partial charge in [-0.3, -0.25) is 9.10 Å². The summed E-state index contributed by atoms with van der Waals surface area (Å²) < 4.78 is 64.8. The molecule has 134 valence electrons. The molecule has 2 aromatic carbocycles. The zero-order chi connectivity index (χ0) is 18.6. The molecule has 0 aromatic heterocycles. The van der Waals surface area contributed by atoms with Crippen LogP contribution < -0.4 is 9.62 Å². The van der Waals surface area contributed by atoms with Gasteiger partial charge in [-0.05, 0) is 36.4 Å². The Labute approximate surface area is 143 Å². The minimum atomic E-state index is -3.98. The number of carbonyl (C=O) groups is 1. The van der Waals surface area contributed by atoms with Crippen LogP contribution >= 0.6 is 0 Å². The molecule has 25 heavy (non-hydrogen) atoms. The van der Waals surface area contributed by atoms with E-state index in [1.807, 2.05) is 0 Å². The zero-order valence-electron chi connectivity index (χ0n) is 13.2. The molecule has 9 heteroatoms. The molecule has 0 unspecified atom stereocenters. The highest BCUT2D eigenvalue weighted by Gasteiger charge is 2.24. The van der Waals surface area contributed by atoms with Crippen LogP contribution in [0.5, 0.6) is 0 Å². The predicted molar refractivity (Wildman–Crippen MR) is 87.3 cm³/mol. The highest BCUT2D eigenvalue weighted by atomic mass is 32.2. The third kappa shape index (κ3) is 4.72. The summed E-state index contributed by atoms with van der Waals surface area (Å²) in [5, 5.41) is 2.42. The number of amides is 1. The van der Waals surface area contributed by atoms with Crippen LogP contribution in [0.2, 0.25) is 0 Å². The summed E-state index contributed by atoms with van der Waals surface area (Å²) in [5.74, 6) is -3.14. The number of sulfonamides is 1. The van der Waals surface area contributed by atoms with Gasteiger partial charge in [0.05, 0.1) is 12.8 Å². The highest BCUT2D eigenvalue weighted by Crippen LogP contribution is 2.24. The summed E-state index contributed by atoms with van der Waals surface area (Å²) in [6, 6.07) is 7.72. The topological polar surface area (TPSA) is 66.5 Å². The Bertz CT molecular complexity index is 850. The fourth-order valence-electron chi connectivity index (χ4n) is 2.15. The Morgan fingerprint density at radius 1 is 1.04 bits per heavy atom. The Kier molecular flexibility index (Phi) is 5.68. The van der Waals surface area contributed by atoms with Crippen LogP contribution in [-0.4, -0.2) is 33.7 Å². The first-order valence-electron chi connectivity index (χ1n) is 7.15. The van der Waals surface area contributed by atoms with Crippen molar-refractivity contribution in [1.29, 1.82) is 0 Å². The summed E-state index contributed by atoms with van der Waals surface area (Å²) in [6.07, 6.45) is 0.806. The van der Waals surface area contributed by atoms with Crippen LogP contribution in [0.1, 0.15) is 10.4 Å². The molecule has 0 saturated heterocycles. The van der Waals surface area contributed by atoms with Gasteiger partial charge in [0.1, 0.15) is 11.5 Å². The minimum absolute atomic E-state index is 0.171. The maximum Gasteiger partial charge on any atom is 0.251 e. The molecule has 2 aromatic rings. The Hall–Kier alpha value is -2.55. The van der Waals surface area contributed by atoms with Gasteiger partial charge >= 0.3 is 0 Å². The average molecular weight is 372 g/mol. The van der Waals surface area contributed by atoms with Crippen molar-refractivity contribution in [2.45, 2.75) is 0 Å². The lowest BCUT2D eigenvalue weighted by molar-refractivity contribution is 0.0955. The highest BCUT2D eigenvalue weighted by molar-refractivity contribution is 7.92. The first-order chi connectivity index (χ1) is 11.7. The second-order valence-corrected chi connectivity index (χ2v) is 7.07. The Morgan fingerprint density at radius 3 is 2.12 bits per heavy atom. The number of nitrogens with one attached hydrogen (secondary N) is 1. The van der Waals surface area contributed by atoms with Gasteiger partial charge in [-0.2, -0.15) is 0 Å². The van der Waals surface area contributed by atoms with Crippen LogP contribution in [0.3, 0.4) is 0 Å². The summed E-state index contributed by atoms with van der Waals surface area (Å²) in [4.78, 5) is 11.9. The summed E-state index contributed by atoms with van der Waals surface area (Å²) in [7, 11) is -3.98. The van der Waals surface area contributed by atoms with Gasteiger partial charge in [0.15, 0.2) is 11.6 Å². The molecule has 0 fully saturated rings. The van der Waals surface area contributed by atoms with Gasteiger partial charge < -0.3 is 5.32 Å². The monoisotopic (exact) mass is 372 g/mol. The van der Waals surface area contributed by atoms with E-state index in [1.165, 1.54) is 12.1 Å². The lowest BCUT2D eigenvalue weighted by Gasteiger charge is -2.23. The number of hydrogen-bond donors (Lipinski definition) is 1. The number of hydrogen-bond acceptors (Lipinski definition) is 3. The van der Waals surface area contributed by atoms with E-state index in [2.05, 4.69) is 5.32 Å². The van der Waals surface area contributed by atoms with Crippen molar-refractivity contribution in [2.24, 2.45) is 0 Å². The third-order valence-corrected chi connectivity index (χ3v) is 4.46. The van der Waals surface area contributed by atoms with Gasteiger partial charge in [0, 0.05) is 12.1 Å². The molecule has 0 bridgehead atoms. The molecular formula is C16H15F3N2O3S. The van der Waals surface area contributed by atoms with Crippen molar-refractivity contribution in [3.05, 3.63) is 65.5 Å². The molecule has 5 nitrogen and oxygen atoms in total. The Morgan fingerprint density at radius 2 is 1.60 bits per heavy atom. The number of carbonyl (C=O) groups excluding carboxylic acids is 1. The standard InChI is InChI=1S/C16H15F3N2O3S/c1-25(23,24)21(15-13(18)3-2-4-14(15)19)10-9-20-16(22)11-5-7-12(17)8-6-11/h2-8H,9-10H2,1H3,(H,20,22). The number of benzene rings is 2. The van der Waals surface area contributed by atoms with Gasteiger partial charge in [0.2, 0.25) is 10.0 Å². The van der Waals surface area contributed by atoms with Gasteiger partial charge in [0.25, 0.3) is 5.91 Å². The van der Waals surface area contributed by atoms with Crippen molar-refractivity contribution in [1.82, 2.24) is 5.32 Å². The fraction of sp³-hybridized carbons (Fsp3) is 0.188. The number of nitrogens with zero attached hydrogens (tertiary/aromatic N) is 1. The van der Waals surface area contributed by atoms with Crippen LogP contribution in [0, 0.1) is 17.5 Å². The van der Waals surface area contributed by atoms with Gasteiger partial charge in [-0.15, -0.1) is 0 Å².